The zero-order valence-electron chi connectivity index (χ0n) is 10.2. The molecule has 0 bridgehead atoms. The van der Waals surface area contributed by atoms with Gasteiger partial charge in [0.05, 0.1) is 8.95 Å². The van der Waals surface area contributed by atoms with Gasteiger partial charge in [-0.15, -0.1) is 0 Å². The minimum atomic E-state index is 0.652. The normalized spacial score (nSPS) is 10.9. The number of nitrogens with zero attached hydrogens (tertiary/aromatic N) is 1. The third kappa shape index (κ3) is 4.95. The van der Waals surface area contributed by atoms with Gasteiger partial charge in [-0.2, -0.15) is 0 Å². The molecule has 0 spiro atoms. The summed E-state index contributed by atoms with van der Waals surface area (Å²) in [4.78, 5) is 2.09. The van der Waals surface area contributed by atoms with Crippen LogP contribution in [0.5, 0.6) is 5.75 Å². The summed E-state index contributed by atoms with van der Waals surface area (Å²) in [5, 5.41) is 0. The summed E-state index contributed by atoms with van der Waals surface area (Å²) in [5.41, 5.74) is 6.75. The highest BCUT2D eigenvalue weighted by Crippen LogP contribution is 2.34. The van der Waals surface area contributed by atoms with Gasteiger partial charge < -0.3 is 15.4 Å². The van der Waals surface area contributed by atoms with Crippen LogP contribution in [0.1, 0.15) is 5.56 Å². The van der Waals surface area contributed by atoms with E-state index in [1.165, 1.54) is 5.56 Å². The molecule has 1 aromatic rings. The van der Waals surface area contributed by atoms with Gasteiger partial charge in [0, 0.05) is 6.54 Å². The van der Waals surface area contributed by atoms with E-state index >= 15 is 0 Å². The maximum Gasteiger partial charge on any atom is 0.147 e. The van der Waals surface area contributed by atoms with Gasteiger partial charge in [0.25, 0.3) is 0 Å². The van der Waals surface area contributed by atoms with E-state index in [2.05, 4.69) is 48.9 Å². The molecule has 0 fully saturated rings. The Morgan fingerprint density at radius 1 is 1.24 bits per heavy atom. The van der Waals surface area contributed by atoms with Crippen LogP contribution in [-0.4, -0.2) is 38.7 Å². The predicted molar refractivity (Wildman–Crippen MR) is 78.6 cm³/mol. The highest BCUT2D eigenvalue weighted by molar-refractivity contribution is 9.11. The largest absolute Gasteiger partial charge is 0.490 e. The highest BCUT2D eigenvalue weighted by Gasteiger charge is 2.08. The zero-order valence-corrected chi connectivity index (χ0v) is 13.3. The van der Waals surface area contributed by atoms with E-state index in [4.69, 9.17) is 10.5 Å². The molecule has 0 heterocycles. The molecule has 0 aliphatic rings. The Hall–Kier alpha value is -0.100. The topological polar surface area (TPSA) is 38.5 Å². The Labute approximate surface area is 120 Å². The lowest BCUT2D eigenvalue weighted by Gasteiger charge is -2.14. The van der Waals surface area contributed by atoms with Crippen molar-refractivity contribution >= 4 is 31.9 Å². The lowest BCUT2D eigenvalue weighted by molar-refractivity contribution is 0.259. The van der Waals surface area contributed by atoms with E-state index in [9.17, 15) is 0 Å². The van der Waals surface area contributed by atoms with Crippen molar-refractivity contribution in [2.24, 2.45) is 5.73 Å². The summed E-state index contributed by atoms with van der Waals surface area (Å²) in [6.07, 6.45) is 0.870. The maximum absolute atomic E-state index is 5.74. The molecule has 0 atom stereocenters. The molecule has 1 aromatic carbocycles. The fourth-order valence-corrected chi connectivity index (χ4v) is 2.90. The van der Waals surface area contributed by atoms with E-state index < -0.39 is 0 Å². The number of nitrogens with two attached hydrogens (primary N) is 1. The molecule has 0 aromatic heterocycles. The molecule has 96 valence electrons. The first-order valence-electron chi connectivity index (χ1n) is 5.50. The summed E-state index contributed by atoms with van der Waals surface area (Å²) >= 11 is 7.05. The molecular formula is C12H18Br2N2O. The van der Waals surface area contributed by atoms with Crippen LogP contribution in [0.4, 0.5) is 0 Å². The van der Waals surface area contributed by atoms with Gasteiger partial charge in [-0.1, -0.05) is 0 Å². The van der Waals surface area contributed by atoms with Crippen molar-refractivity contribution in [1.82, 2.24) is 4.90 Å². The van der Waals surface area contributed by atoms with Crippen LogP contribution in [0.25, 0.3) is 0 Å². The van der Waals surface area contributed by atoms with Crippen LogP contribution in [-0.2, 0) is 6.42 Å². The maximum atomic E-state index is 5.74. The summed E-state index contributed by atoms with van der Waals surface area (Å²) in [6.45, 7) is 2.21. The second-order valence-electron chi connectivity index (χ2n) is 4.08. The molecule has 3 nitrogen and oxygen atoms in total. The monoisotopic (exact) mass is 364 g/mol. The molecule has 1 rings (SSSR count). The van der Waals surface area contributed by atoms with Crippen LogP contribution >= 0.6 is 31.9 Å². The van der Waals surface area contributed by atoms with Gasteiger partial charge in [0.15, 0.2) is 0 Å². The fraction of sp³-hybridized carbons (Fsp3) is 0.500. The van der Waals surface area contributed by atoms with Gasteiger partial charge in [-0.05, 0) is 76.6 Å². The first-order chi connectivity index (χ1) is 8.04. The summed E-state index contributed by atoms with van der Waals surface area (Å²) in [6, 6.07) is 4.12. The Morgan fingerprint density at radius 3 is 2.29 bits per heavy atom. The number of ether oxygens (including phenoxy) is 1. The molecule has 0 amide bonds. The average molecular weight is 366 g/mol. The van der Waals surface area contributed by atoms with Crippen molar-refractivity contribution in [1.29, 1.82) is 0 Å². The minimum absolute atomic E-state index is 0.652. The van der Waals surface area contributed by atoms with E-state index in [-0.39, 0.29) is 0 Å². The lowest BCUT2D eigenvalue weighted by atomic mass is 10.1. The van der Waals surface area contributed by atoms with E-state index in [1.807, 2.05) is 14.1 Å². The Balaban J connectivity index is 2.72. The number of benzene rings is 1. The van der Waals surface area contributed by atoms with Crippen LogP contribution in [0, 0.1) is 0 Å². The van der Waals surface area contributed by atoms with Crippen molar-refractivity contribution in [2.45, 2.75) is 6.42 Å². The van der Waals surface area contributed by atoms with Crippen molar-refractivity contribution < 1.29 is 4.74 Å². The van der Waals surface area contributed by atoms with Gasteiger partial charge in [-0.25, -0.2) is 0 Å². The molecule has 0 saturated carbocycles. The lowest BCUT2D eigenvalue weighted by Crippen LogP contribution is -2.19. The zero-order chi connectivity index (χ0) is 12.8. The van der Waals surface area contributed by atoms with Crippen molar-refractivity contribution in [3.05, 3.63) is 26.6 Å². The SMILES string of the molecule is CN(C)CCOc1c(Br)cc(CCN)cc1Br. The number of hydrogen-bond acceptors (Lipinski definition) is 3. The minimum Gasteiger partial charge on any atom is -0.490 e. The average Bonchev–Trinajstić information content (AvgIpc) is 2.22. The number of halogens is 2. The van der Waals surface area contributed by atoms with Gasteiger partial charge in [-0.3, -0.25) is 0 Å². The van der Waals surface area contributed by atoms with Gasteiger partial charge in [0.1, 0.15) is 12.4 Å². The predicted octanol–water partition coefficient (Wildman–Crippen LogP) is 2.65. The number of likely N-dealkylation sites (N-methyl/N-ethyl adjacent to an activating group) is 1. The van der Waals surface area contributed by atoms with E-state index in [1.54, 1.807) is 0 Å². The summed E-state index contributed by atoms with van der Waals surface area (Å²) in [7, 11) is 4.05. The fourth-order valence-electron chi connectivity index (χ4n) is 1.39. The number of rotatable bonds is 6. The van der Waals surface area contributed by atoms with Gasteiger partial charge in [0.2, 0.25) is 0 Å². The van der Waals surface area contributed by atoms with Crippen LogP contribution < -0.4 is 10.5 Å². The van der Waals surface area contributed by atoms with Crippen molar-refractivity contribution in [2.75, 3.05) is 33.8 Å². The Bertz CT molecular complexity index is 347. The summed E-state index contributed by atoms with van der Waals surface area (Å²) in [5.74, 6) is 0.854. The third-order valence-corrected chi connectivity index (χ3v) is 3.45. The quantitative estimate of drug-likeness (QED) is 0.842. The first kappa shape index (κ1) is 15.0. The second-order valence-corrected chi connectivity index (χ2v) is 5.79. The first-order valence-corrected chi connectivity index (χ1v) is 7.08. The Kier molecular flexibility index (Phi) is 6.48. The molecule has 0 aliphatic carbocycles. The molecule has 0 saturated heterocycles. The van der Waals surface area contributed by atoms with E-state index in [0.29, 0.717) is 13.2 Å². The van der Waals surface area contributed by atoms with Crippen molar-refractivity contribution in [3.63, 3.8) is 0 Å². The van der Waals surface area contributed by atoms with E-state index in [0.717, 1.165) is 27.7 Å². The molecule has 0 radical (unpaired) electrons. The molecule has 0 unspecified atom stereocenters. The Morgan fingerprint density at radius 2 is 1.82 bits per heavy atom. The van der Waals surface area contributed by atoms with Crippen LogP contribution in [0.3, 0.4) is 0 Å². The molecule has 17 heavy (non-hydrogen) atoms. The molecule has 5 heteroatoms. The number of hydrogen-bond donors (Lipinski definition) is 1. The van der Waals surface area contributed by atoms with Gasteiger partial charge >= 0.3 is 0 Å². The molecule has 0 aliphatic heterocycles. The molecular weight excluding hydrogens is 348 g/mol. The second kappa shape index (κ2) is 7.36. The van der Waals surface area contributed by atoms with Crippen LogP contribution in [0.2, 0.25) is 0 Å². The smallest absolute Gasteiger partial charge is 0.147 e. The van der Waals surface area contributed by atoms with Crippen molar-refractivity contribution in [3.8, 4) is 5.75 Å². The summed E-state index contributed by atoms with van der Waals surface area (Å²) < 4.78 is 7.68. The highest BCUT2D eigenvalue weighted by atomic mass is 79.9. The standard InChI is InChI=1S/C12H18Br2N2O/c1-16(2)5-6-17-12-10(13)7-9(3-4-15)8-11(12)14/h7-8H,3-6,15H2,1-2H3. The molecule has 2 N–H and O–H groups in total. The van der Waals surface area contributed by atoms with Crippen LogP contribution in [0.15, 0.2) is 21.1 Å². The third-order valence-electron chi connectivity index (χ3n) is 2.28.